The second-order valence-electron chi connectivity index (χ2n) is 4.47. The molecule has 6 heteroatoms. The van der Waals surface area contributed by atoms with Gasteiger partial charge in [-0.25, -0.2) is 8.78 Å². The zero-order chi connectivity index (χ0) is 15.1. The van der Waals surface area contributed by atoms with Gasteiger partial charge in [0, 0.05) is 25.6 Å². The molecule has 0 aliphatic carbocycles. The first kappa shape index (κ1) is 14.4. The molecular weight excluding hydrogens is 408 g/mol. The van der Waals surface area contributed by atoms with Crippen molar-refractivity contribution >= 4 is 55.1 Å². The average Bonchev–Trinajstić information content (AvgIpc) is 2.73. The lowest BCUT2D eigenvalue weighted by Crippen LogP contribution is -2.04. The first-order valence-electron chi connectivity index (χ1n) is 5.94. The third kappa shape index (κ3) is 2.53. The van der Waals surface area contributed by atoms with E-state index < -0.39 is 11.6 Å². The summed E-state index contributed by atoms with van der Waals surface area (Å²) in [6, 6.07) is 7.40. The Kier molecular flexibility index (Phi) is 3.67. The van der Waals surface area contributed by atoms with Crippen molar-refractivity contribution < 1.29 is 13.6 Å². The zero-order valence-electron chi connectivity index (χ0n) is 10.4. The van der Waals surface area contributed by atoms with Gasteiger partial charge in [0.1, 0.15) is 0 Å². The second kappa shape index (κ2) is 5.35. The normalized spacial score (nSPS) is 15.2. The van der Waals surface area contributed by atoms with E-state index in [1.807, 2.05) is 0 Å². The average molecular weight is 415 g/mol. The summed E-state index contributed by atoms with van der Waals surface area (Å²) < 4.78 is 28.5. The maximum Gasteiger partial charge on any atom is 0.256 e. The molecule has 0 radical (unpaired) electrons. The van der Waals surface area contributed by atoms with Crippen molar-refractivity contribution in [1.29, 1.82) is 0 Å². The molecule has 1 N–H and O–H groups in total. The van der Waals surface area contributed by atoms with E-state index in [2.05, 4.69) is 37.2 Å². The summed E-state index contributed by atoms with van der Waals surface area (Å²) in [6.07, 6.45) is 1.35. The molecule has 106 valence electrons. The number of nitrogens with one attached hydrogen (secondary N) is 1. The summed E-state index contributed by atoms with van der Waals surface area (Å²) in [4.78, 5) is 12.1. The third-order valence-corrected chi connectivity index (χ3v) is 4.19. The fourth-order valence-electron chi connectivity index (χ4n) is 2.15. The number of hydrogen-bond acceptors (Lipinski definition) is 1. The number of halogens is 4. The molecular formula is C15H7Br2F2NO. The first-order chi connectivity index (χ1) is 9.97. The Bertz CT molecular complexity index is 803. The molecule has 1 heterocycles. The summed E-state index contributed by atoms with van der Waals surface area (Å²) in [7, 11) is 0. The minimum Gasteiger partial charge on any atom is -0.320 e. The number of fused-ring (bicyclic) bond motifs is 1. The van der Waals surface area contributed by atoms with Crippen molar-refractivity contribution in [2.24, 2.45) is 0 Å². The van der Waals surface area contributed by atoms with Gasteiger partial charge < -0.3 is 5.32 Å². The third-order valence-electron chi connectivity index (χ3n) is 3.11. The van der Waals surface area contributed by atoms with Gasteiger partial charge in [-0.2, -0.15) is 0 Å². The molecule has 2 aromatic rings. The number of hydrogen-bond donors (Lipinski definition) is 1. The van der Waals surface area contributed by atoms with Gasteiger partial charge in [-0.05, 0) is 40.2 Å². The first-order valence-corrected chi connectivity index (χ1v) is 7.52. The van der Waals surface area contributed by atoms with Gasteiger partial charge in [-0.3, -0.25) is 4.79 Å². The SMILES string of the molecule is O=C1Nc2c(Br)cc(Br)cc2C1=Cc1cccc(F)c1F. The Labute approximate surface area is 136 Å². The number of carbonyl (C=O) groups is 1. The van der Waals surface area contributed by atoms with Crippen LogP contribution in [-0.4, -0.2) is 5.91 Å². The number of rotatable bonds is 1. The molecule has 2 aromatic carbocycles. The van der Waals surface area contributed by atoms with Gasteiger partial charge >= 0.3 is 0 Å². The Morgan fingerprint density at radius 2 is 1.90 bits per heavy atom. The maximum absolute atomic E-state index is 13.7. The van der Waals surface area contributed by atoms with Crippen LogP contribution >= 0.6 is 31.9 Å². The molecule has 0 spiro atoms. The van der Waals surface area contributed by atoms with Crippen molar-refractivity contribution in [1.82, 2.24) is 0 Å². The summed E-state index contributed by atoms with van der Waals surface area (Å²) in [5.74, 6) is -2.27. The van der Waals surface area contributed by atoms with Gasteiger partial charge in [0.2, 0.25) is 0 Å². The van der Waals surface area contributed by atoms with Gasteiger partial charge in [-0.15, -0.1) is 0 Å². The summed E-state index contributed by atoms with van der Waals surface area (Å²) in [5.41, 5.74) is 1.57. The van der Waals surface area contributed by atoms with Crippen LogP contribution < -0.4 is 5.32 Å². The van der Waals surface area contributed by atoms with Gasteiger partial charge in [0.25, 0.3) is 5.91 Å². The lowest BCUT2D eigenvalue weighted by Gasteiger charge is -2.03. The predicted molar refractivity (Wildman–Crippen MR) is 84.7 cm³/mol. The van der Waals surface area contributed by atoms with Gasteiger partial charge in [0.15, 0.2) is 11.6 Å². The highest BCUT2D eigenvalue weighted by Crippen LogP contribution is 2.40. The molecule has 0 fully saturated rings. The van der Waals surface area contributed by atoms with E-state index in [1.165, 1.54) is 18.2 Å². The number of carbonyl (C=O) groups excluding carboxylic acids is 1. The highest BCUT2D eigenvalue weighted by Gasteiger charge is 2.27. The van der Waals surface area contributed by atoms with Crippen molar-refractivity contribution in [2.45, 2.75) is 0 Å². The predicted octanol–water partition coefficient (Wildman–Crippen LogP) is 4.98. The quantitative estimate of drug-likeness (QED) is 0.655. The number of anilines is 1. The highest BCUT2D eigenvalue weighted by molar-refractivity contribution is 9.11. The number of amides is 1. The van der Waals surface area contributed by atoms with E-state index in [0.29, 0.717) is 15.7 Å². The van der Waals surface area contributed by atoms with E-state index in [-0.39, 0.29) is 17.0 Å². The molecule has 0 aromatic heterocycles. The van der Waals surface area contributed by atoms with E-state index in [4.69, 9.17) is 0 Å². The standard InChI is InChI=1S/C15H7Br2F2NO/c16-8-5-9-10(15(21)20-14(9)11(17)6-8)4-7-2-1-3-12(18)13(7)19/h1-6H,(H,20,21). The highest BCUT2D eigenvalue weighted by atomic mass is 79.9. The molecule has 0 saturated carbocycles. The lowest BCUT2D eigenvalue weighted by atomic mass is 10.0. The number of benzene rings is 2. The molecule has 3 rings (SSSR count). The Hall–Kier alpha value is -1.53. The topological polar surface area (TPSA) is 29.1 Å². The van der Waals surface area contributed by atoms with Crippen LogP contribution in [0.2, 0.25) is 0 Å². The van der Waals surface area contributed by atoms with Crippen LogP contribution in [0.3, 0.4) is 0 Å². The van der Waals surface area contributed by atoms with Gasteiger partial charge in [0.05, 0.1) is 5.69 Å². The Morgan fingerprint density at radius 1 is 1.14 bits per heavy atom. The molecule has 21 heavy (non-hydrogen) atoms. The summed E-state index contributed by atoms with van der Waals surface area (Å²) in [6.45, 7) is 0. The lowest BCUT2D eigenvalue weighted by molar-refractivity contribution is -0.110. The minimum atomic E-state index is -0.972. The van der Waals surface area contributed by atoms with E-state index in [0.717, 1.165) is 10.5 Å². The fraction of sp³-hybridized carbons (Fsp3) is 0. The van der Waals surface area contributed by atoms with E-state index in [1.54, 1.807) is 12.1 Å². The second-order valence-corrected chi connectivity index (χ2v) is 6.24. The van der Waals surface area contributed by atoms with Crippen LogP contribution in [0.4, 0.5) is 14.5 Å². The van der Waals surface area contributed by atoms with Crippen molar-refractivity contribution in [3.8, 4) is 0 Å². The molecule has 0 saturated heterocycles. The van der Waals surface area contributed by atoms with Crippen LogP contribution in [0.1, 0.15) is 11.1 Å². The summed E-state index contributed by atoms with van der Waals surface area (Å²) >= 11 is 6.70. The van der Waals surface area contributed by atoms with Crippen molar-refractivity contribution in [3.05, 3.63) is 62.0 Å². The molecule has 2 nitrogen and oxygen atoms in total. The smallest absolute Gasteiger partial charge is 0.256 e. The maximum atomic E-state index is 13.7. The minimum absolute atomic E-state index is 0.0316. The molecule has 0 atom stereocenters. The van der Waals surface area contributed by atoms with Crippen molar-refractivity contribution in [2.75, 3.05) is 5.32 Å². The monoisotopic (exact) mass is 413 g/mol. The summed E-state index contributed by atoms with van der Waals surface area (Å²) in [5, 5.41) is 2.71. The molecule has 0 bridgehead atoms. The molecule has 1 aliphatic heterocycles. The van der Waals surface area contributed by atoms with Crippen LogP contribution in [0.15, 0.2) is 39.3 Å². The largest absolute Gasteiger partial charge is 0.320 e. The molecule has 0 unspecified atom stereocenters. The Balaban J connectivity index is 2.19. The van der Waals surface area contributed by atoms with Crippen LogP contribution in [-0.2, 0) is 4.79 Å². The van der Waals surface area contributed by atoms with Crippen LogP contribution in [0.25, 0.3) is 11.6 Å². The van der Waals surface area contributed by atoms with Crippen LogP contribution in [0.5, 0.6) is 0 Å². The van der Waals surface area contributed by atoms with E-state index >= 15 is 0 Å². The van der Waals surface area contributed by atoms with Crippen LogP contribution in [0, 0.1) is 11.6 Å². The molecule has 1 amide bonds. The Morgan fingerprint density at radius 3 is 2.67 bits per heavy atom. The zero-order valence-corrected chi connectivity index (χ0v) is 13.6. The van der Waals surface area contributed by atoms with Gasteiger partial charge in [-0.1, -0.05) is 28.1 Å². The fourth-order valence-corrected chi connectivity index (χ4v) is 3.47. The van der Waals surface area contributed by atoms with Crippen molar-refractivity contribution in [3.63, 3.8) is 0 Å². The molecule has 1 aliphatic rings. The van der Waals surface area contributed by atoms with E-state index in [9.17, 15) is 13.6 Å².